The molecule has 0 radical (unpaired) electrons. The number of nitrogens with one attached hydrogen (secondary N) is 1. The maximum atomic E-state index is 12.6. The molecular formula is C15H30N4O4. The molecule has 0 heterocycles. The first-order valence-corrected chi connectivity index (χ1v) is 7.63. The molecule has 134 valence electrons. The fourth-order valence-corrected chi connectivity index (χ4v) is 2.09. The Morgan fingerprint density at radius 1 is 1.26 bits per heavy atom. The van der Waals surface area contributed by atoms with Crippen molar-refractivity contribution in [3.63, 3.8) is 0 Å². The Kier molecular flexibility index (Phi) is 11.2. The van der Waals surface area contributed by atoms with Gasteiger partial charge in [0, 0.05) is 20.8 Å². The molecular weight excluding hydrogens is 300 g/mol. The minimum Gasteiger partial charge on any atom is -0.388 e. The highest BCUT2D eigenvalue weighted by Crippen LogP contribution is 2.06. The lowest BCUT2D eigenvalue weighted by molar-refractivity contribution is -0.149. The predicted octanol–water partition coefficient (Wildman–Crippen LogP) is -0.232. The van der Waals surface area contributed by atoms with Gasteiger partial charge in [-0.2, -0.15) is 0 Å². The molecule has 3 N–H and O–H groups in total. The van der Waals surface area contributed by atoms with Gasteiger partial charge in [0.15, 0.2) is 6.29 Å². The molecule has 8 heteroatoms. The lowest BCUT2D eigenvalue weighted by Crippen LogP contribution is -2.49. The van der Waals surface area contributed by atoms with E-state index in [0.29, 0.717) is 18.8 Å². The third-order valence-corrected chi connectivity index (χ3v) is 3.28. The highest BCUT2D eigenvalue weighted by atomic mass is 16.7. The number of Topliss-reactive ketones (excluding diaryl/α,β-unsaturated/α-hetero) is 1. The van der Waals surface area contributed by atoms with Crippen LogP contribution in [0.2, 0.25) is 0 Å². The fourth-order valence-electron chi connectivity index (χ4n) is 2.09. The Labute approximate surface area is 138 Å². The van der Waals surface area contributed by atoms with E-state index in [2.05, 4.69) is 10.3 Å². The Hall–Kier alpha value is -1.51. The number of amides is 1. The number of likely N-dealkylation sites (N-methyl/N-ethyl adjacent to an activating group) is 1. The number of ether oxygens (including phenoxy) is 2. The lowest BCUT2D eigenvalue weighted by atomic mass is 10.1. The van der Waals surface area contributed by atoms with Crippen molar-refractivity contribution in [2.24, 2.45) is 10.7 Å². The fraction of sp³-hybridized carbons (Fsp3) is 0.800. The summed E-state index contributed by atoms with van der Waals surface area (Å²) in [5.41, 5.74) is 5.48. The Morgan fingerprint density at radius 3 is 2.30 bits per heavy atom. The van der Waals surface area contributed by atoms with Gasteiger partial charge < -0.3 is 25.4 Å². The summed E-state index contributed by atoms with van der Waals surface area (Å²) in [6, 6.07) is -0.392. The first-order valence-electron chi connectivity index (χ1n) is 7.63. The lowest BCUT2D eigenvalue weighted by Gasteiger charge is -2.29. The number of amidine groups is 1. The molecule has 8 nitrogen and oxygen atoms in total. The van der Waals surface area contributed by atoms with Crippen LogP contribution in [0.1, 0.15) is 26.7 Å². The van der Waals surface area contributed by atoms with Gasteiger partial charge in [-0.1, -0.05) is 0 Å². The van der Waals surface area contributed by atoms with Crippen molar-refractivity contribution in [3.05, 3.63) is 0 Å². The van der Waals surface area contributed by atoms with Crippen LogP contribution in [0, 0.1) is 0 Å². The average molecular weight is 330 g/mol. The summed E-state index contributed by atoms with van der Waals surface area (Å²) in [5, 5.41) is 2.99. The number of rotatable bonds is 12. The number of nitrogens with two attached hydrogens (primary N) is 1. The zero-order valence-electron chi connectivity index (χ0n) is 14.8. The largest absolute Gasteiger partial charge is 0.388 e. The van der Waals surface area contributed by atoms with Gasteiger partial charge >= 0.3 is 0 Å². The van der Waals surface area contributed by atoms with Crippen LogP contribution in [0.5, 0.6) is 0 Å². The summed E-state index contributed by atoms with van der Waals surface area (Å²) in [5.74, 6) is 0.274. The first kappa shape index (κ1) is 21.5. The number of methoxy groups -OCH3 is 2. The monoisotopic (exact) mass is 330 g/mol. The summed E-state index contributed by atoms with van der Waals surface area (Å²) < 4.78 is 10.2. The molecule has 0 aromatic carbocycles. The number of nitrogens with zero attached hydrogens (tertiary/aromatic N) is 2. The molecule has 0 aliphatic carbocycles. The standard InChI is InChI=1S/C15H30N4O4/c1-11(20)9-19(10-14(22-4)23-5)15(21)13(17-3)7-6-8-18-12(2)16/h13-14,17H,6-10H2,1-5H3,(H2,16,18)/t13-/m0/s1. The molecule has 1 amide bonds. The van der Waals surface area contributed by atoms with E-state index < -0.39 is 12.3 Å². The van der Waals surface area contributed by atoms with Gasteiger partial charge in [-0.3, -0.25) is 14.6 Å². The first-order chi connectivity index (χ1) is 10.8. The third-order valence-electron chi connectivity index (χ3n) is 3.28. The molecule has 0 fully saturated rings. The van der Waals surface area contributed by atoms with Crippen molar-refractivity contribution >= 4 is 17.5 Å². The normalized spacial score (nSPS) is 13.2. The van der Waals surface area contributed by atoms with Crippen LogP contribution in [0.15, 0.2) is 4.99 Å². The number of hydrogen-bond donors (Lipinski definition) is 2. The second kappa shape index (κ2) is 12.0. The van der Waals surface area contributed by atoms with Crippen molar-refractivity contribution in [1.82, 2.24) is 10.2 Å². The van der Waals surface area contributed by atoms with Crippen molar-refractivity contribution < 1.29 is 19.1 Å². The predicted molar refractivity (Wildman–Crippen MR) is 89.3 cm³/mol. The van der Waals surface area contributed by atoms with Gasteiger partial charge in [0.2, 0.25) is 5.91 Å². The van der Waals surface area contributed by atoms with Crippen LogP contribution >= 0.6 is 0 Å². The molecule has 0 saturated carbocycles. The molecule has 0 rings (SSSR count). The van der Waals surface area contributed by atoms with E-state index in [9.17, 15) is 9.59 Å². The van der Waals surface area contributed by atoms with Crippen molar-refractivity contribution in [1.29, 1.82) is 0 Å². The molecule has 0 bridgehead atoms. The van der Waals surface area contributed by atoms with Gasteiger partial charge in [0.05, 0.1) is 25.0 Å². The summed E-state index contributed by atoms with van der Waals surface area (Å²) >= 11 is 0. The Morgan fingerprint density at radius 2 is 1.87 bits per heavy atom. The summed E-state index contributed by atoms with van der Waals surface area (Å²) in [4.78, 5) is 29.6. The molecule has 0 aliphatic rings. The molecule has 0 aromatic rings. The molecule has 23 heavy (non-hydrogen) atoms. The Balaban J connectivity index is 4.78. The van der Waals surface area contributed by atoms with Gasteiger partial charge in [-0.25, -0.2) is 0 Å². The third kappa shape index (κ3) is 9.27. The number of carbonyl (C=O) groups excluding carboxylic acids is 2. The van der Waals surface area contributed by atoms with Crippen molar-refractivity contribution in [3.8, 4) is 0 Å². The van der Waals surface area contributed by atoms with Crippen LogP contribution in [-0.2, 0) is 19.1 Å². The minimum atomic E-state index is -0.569. The molecule has 0 unspecified atom stereocenters. The minimum absolute atomic E-state index is 0.0281. The molecule has 0 aliphatic heterocycles. The smallest absolute Gasteiger partial charge is 0.240 e. The van der Waals surface area contributed by atoms with Crippen LogP contribution in [0.3, 0.4) is 0 Å². The Bertz CT molecular complexity index is 393. The zero-order chi connectivity index (χ0) is 17.8. The molecule has 0 aromatic heterocycles. The van der Waals surface area contributed by atoms with Crippen LogP contribution in [-0.4, -0.2) is 75.7 Å². The highest BCUT2D eigenvalue weighted by Gasteiger charge is 2.26. The number of aliphatic imine (C=N–C) groups is 1. The quantitative estimate of drug-likeness (QED) is 0.222. The maximum absolute atomic E-state index is 12.6. The van der Waals surface area contributed by atoms with E-state index in [4.69, 9.17) is 15.2 Å². The van der Waals surface area contributed by atoms with Crippen molar-refractivity contribution in [2.45, 2.75) is 39.0 Å². The number of ketones is 1. The van der Waals surface area contributed by atoms with Crippen LogP contribution in [0.25, 0.3) is 0 Å². The number of hydrogen-bond acceptors (Lipinski definition) is 6. The molecule has 1 atom stereocenters. The van der Waals surface area contributed by atoms with Crippen LogP contribution < -0.4 is 11.1 Å². The second-order valence-electron chi connectivity index (χ2n) is 5.33. The van der Waals surface area contributed by atoms with Gasteiger partial charge in [0.1, 0.15) is 5.78 Å². The van der Waals surface area contributed by atoms with Gasteiger partial charge in [-0.15, -0.1) is 0 Å². The topological polar surface area (TPSA) is 106 Å². The van der Waals surface area contributed by atoms with E-state index in [1.54, 1.807) is 14.0 Å². The number of carbonyl (C=O) groups is 2. The van der Waals surface area contributed by atoms with Crippen molar-refractivity contribution in [2.75, 3.05) is 40.9 Å². The van der Waals surface area contributed by atoms with E-state index in [-0.39, 0.29) is 24.8 Å². The SMILES string of the molecule is CN[C@@H](CCCN=C(C)N)C(=O)N(CC(C)=O)CC(OC)OC. The molecule has 0 saturated heterocycles. The molecule has 0 spiro atoms. The van der Waals surface area contributed by atoms with Gasteiger partial charge in [0.25, 0.3) is 0 Å². The average Bonchev–Trinajstić information content (AvgIpc) is 2.50. The maximum Gasteiger partial charge on any atom is 0.240 e. The van der Waals surface area contributed by atoms with Gasteiger partial charge in [-0.05, 0) is 33.7 Å². The van der Waals surface area contributed by atoms with E-state index in [0.717, 1.165) is 6.42 Å². The summed E-state index contributed by atoms with van der Waals surface area (Å²) in [6.45, 7) is 3.97. The second-order valence-corrected chi connectivity index (χ2v) is 5.33. The zero-order valence-corrected chi connectivity index (χ0v) is 14.8. The summed E-state index contributed by atoms with van der Waals surface area (Å²) in [6.07, 6.45) is 0.753. The van der Waals surface area contributed by atoms with Crippen LogP contribution in [0.4, 0.5) is 0 Å². The van der Waals surface area contributed by atoms with E-state index >= 15 is 0 Å². The van der Waals surface area contributed by atoms with E-state index in [1.807, 2.05) is 0 Å². The highest BCUT2D eigenvalue weighted by molar-refractivity contribution is 5.87. The summed E-state index contributed by atoms with van der Waals surface area (Å²) in [7, 11) is 4.71. The van der Waals surface area contributed by atoms with E-state index in [1.165, 1.54) is 26.0 Å².